The van der Waals surface area contributed by atoms with Crippen molar-refractivity contribution in [3.05, 3.63) is 76.7 Å². The Kier molecular flexibility index (Phi) is 5.46. The highest BCUT2D eigenvalue weighted by molar-refractivity contribution is 7.92. The number of benzene rings is 2. The summed E-state index contributed by atoms with van der Waals surface area (Å²) in [7, 11) is -2.29. The normalized spacial score (nSPS) is 12.9. The number of rotatable bonds is 5. The number of halogens is 3. The van der Waals surface area contributed by atoms with Gasteiger partial charge in [0, 0.05) is 19.0 Å². The summed E-state index contributed by atoms with van der Waals surface area (Å²) in [5, 5.41) is 1.08. The Balaban J connectivity index is 2.08. The Morgan fingerprint density at radius 2 is 1.58 bits per heavy atom. The molecule has 0 saturated carbocycles. The Hall–Kier alpha value is -2.12. The average molecular weight is 355 g/mol. The van der Waals surface area contributed by atoms with Gasteiger partial charge in [-0.15, -0.1) is 0 Å². The third-order valence-corrected chi connectivity index (χ3v) is 4.83. The van der Waals surface area contributed by atoms with Crippen LogP contribution in [-0.4, -0.2) is 19.8 Å². The topological polar surface area (TPSA) is 37.4 Å². The van der Waals surface area contributed by atoms with Gasteiger partial charge < -0.3 is 0 Å². The fourth-order valence-electron chi connectivity index (χ4n) is 1.98. The minimum Gasteiger partial charge on any atom is -0.208 e. The third-order valence-electron chi connectivity index (χ3n) is 3.35. The monoisotopic (exact) mass is 355 g/mol. The molecule has 0 unspecified atom stereocenters. The molecule has 0 aliphatic rings. The summed E-state index contributed by atoms with van der Waals surface area (Å²) in [4.78, 5) is 0. The van der Waals surface area contributed by atoms with Crippen molar-refractivity contribution in [1.82, 2.24) is 4.31 Å². The lowest BCUT2D eigenvalue weighted by Crippen LogP contribution is -2.24. The standard InChI is InChI=1S/C17H16F3NO2S/c1-21(13-15-7-9-16(10-8-15)17(18,19)20)24(22,23)12-11-14-5-3-2-4-6-14/h2-12H,13H2,1H3. The van der Waals surface area contributed by atoms with E-state index >= 15 is 0 Å². The first-order chi connectivity index (χ1) is 11.2. The van der Waals surface area contributed by atoms with Crippen LogP contribution in [0.4, 0.5) is 13.2 Å². The van der Waals surface area contributed by atoms with Crippen LogP contribution >= 0.6 is 0 Å². The van der Waals surface area contributed by atoms with Crippen molar-refractivity contribution in [3.63, 3.8) is 0 Å². The lowest BCUT2D eigenvalue weighted by atomic mass is 10.1. The summed E-state index contributed by atoms with van der Waals surface area (Å²) in [6.07, 6.45) is -2.94. The fourth-order valence-corrected chi connectivity index (χ4v) is 2.84. The van der Waals surface area contributed by atoms with Gasteiger partial charge in [-0.25, -0.2) is 8.42 Å². The predicted octanol–water partition coefficient (Wildman–Crippen LogP) is 4.14. The summed E-state index contributed by atoms with van der Waals surface area (Å²) in [6, 6.07) is 13.4. The van der Waals surface area contributed by atoms with E-state index in [0.29, 0.717) is 5.56 Å². The smallest absolute Gasteiger partial charge is 0.208 e. The maximum absolute atomic E-state index is 12.5. The van der Waals surface area contributed by atoms with Crippen LogP contribution in [0.5, 0.6) is 0 Å². The van der Waals surface area contributed by atoms with Gasteiger partial charge in [0.15, 0.2) is 0 Å². The molecule has 7 heteroatoms. The lowest BCUT2D eigenvalue weighted by molar-refractivity contribution is -0.137. The minimum atomic E-state index is -4.41. The van der Waals surface area contributed by atoms with Crippen LogP contribution in [0.2, 0.25) is 0 Å². The van der Waals surface area contributed by atoms with Crippen LogP contribution in [0.15, 0.2) is 60.0 Å². The first kappa shape index (κ1) is 18.2. The summed E-state index contributed by atoms with van der Waals surface area (Å²) in [5.41, 5.74) is 0.451. The molecule has 0 saturated heterocycles. The van der Waals surface area contributed by atoms with E-state index in [-0.39, 0.29) is 6.54 Å². The summed E-state index contributed by atoms with van der Waals surface area (Å²) in [6.45, 7) is -0.0143. The lowest BCUT2D eigenvalue weighted by Gasteiger charge is -2.15. The van der Waals surface area contributed by atoms with Gasteiger partial charge in [-0.2, -0.15) is 17.5 Å². The van der Waals surface area contributed by atoms with Gasteiger partial charge >= 0.3 is 6.18 Å². The zero-order valence-electron chi connectivity index (χ0n) is 12.9. The van der Waals surface area contributed by atoms with Crippen molar-refractivity contribution in [2.75, 3.05) is 7.05 Å². The van der Waals surface area contributed by atoms with Gasteiger partial charge in [0.2, 0.25) is 10.0 Å². The molecule has 0 atom stereocenters. The molecule has 24 heavy (non-hydrogen) atoms. The Bertz CT molecular complexity index is 798. The molecule has 0 heterocycles. The number of hydrogen-bond donors (Lipinski definition) is 0. The zero-order valence-corrected chi connectivity index (χ0v) is 13.7. The van der Waals surface area contributed by atoms with Gasteiger partial charge in [0.05, 0.1) is 5.56 Å². The molecule has 2 aromatic carbocycles. The highest BCUT2D eigenvalue weighted by Gasteiger charge is 2.30. The van der Waals surface area contributed by atoms with Gasteiger partial charge in [-0.05, 0) is 29.3 Å². The van der Waals surface area contributed by atoms with E-state index in [9.17, 15) is 21.6 Å². The van der Waals surface area contributed by atoms with Gasteiger partial charge in [0.1, 0.15) is 0 Å². The number of sulfonamides is 1. The predicted molar refractivity (Wildman–Crippen MR) is 87.3 cm³/mol. The molecule has 2 rings (SSSR count). The molecule has 0 fully saturated rings. The second-order valence-electron chi connectivity index (χ2n) is 5.21. The van der Waals surface area contributed by atoms with E-state index in [0.717, 1.165) is 27.4 Å². The largest absolute Gasteiger partial charge is 0.416 e. The molecule has 2 aromatic rings. The molecular formula is C17H16F3NO2S. The molecule has 0 amide bonds. The Morgan fingerprint density at radius 1 is 1.00 bits per heavy atom. The second-order valence-corrected chi connectivity index (χ2v) is 7.13. The van der Waals surface area contributed by atoms with Crippen LogP contribution in [0.3, 0.4) is 0 Å². The number of alkyl halides is 3. The van der Waals surface area contributed by atoms with E-state index in [2.05, 4.69) is 0 Å². The average Bonchev–Trinajstić information content (AvgIpc) is 2.53. The van der Waals surface area contributed by atoms with Crippen molar-refractivity contribution >= 4 is 16.1 Å². The highest BCUT2D eigenvalue weighted by atomic mass is 32.2. The molecule has 3 nitrogen and oxygen atoms in total. The second kappa shape index (κ2) is 7.19. The van der Waals surface area contributed by atoms with Crippen molar-refractivity contribution in [3.8, 4) is 0 Å². The van der Waals surface area contributed by atoms with Crippen LogP contribution in [0.25, 0.3) is 6.08 Å². The highest BCUT2D eigenvalue weighted by Crippen LogP contribution is 2.29. The van der Waals surface area contributed by atoms with E-state index in [4.69, 9.17) is 0 Å². The Morgan fingerprint density at radius 3 is 2.12 bits per heavy atom. The van der Waals surface area contributed by atoms with Crippen LogP contribution in [-0.2, 0) is 22.7 Å². The number of hydrogen-bond acceptors (Lipinski definition) is 2. The van der Waals surface area contributed by atoms with Crippen LogP contribution in [0, 0.1) is 0 Å². The molecule has 0 radical (unpaired) electrons. The van der Waals surface area contributed by atoms with Crippen LogP contribution in [0.1, 0.15) is 16.7 Å². The van der Waals surface area contributed by atoms with E-state index in [1.54, 1.807) is 24.3 Å². The van der Waals surface area contributed by atoms with Gasteiger partial charge in [-0.3, -0.25) is 0 Å². The maximum atomic E-state index is 12.5. The van der Waals surface area contributed by atoms with E-state index in [1.807, 2.05) is 6.07 Å². The zero-order chi connectivity index (χ0) is 17.8. The third kappa shape index (κ3) is 4.94. The van der Waals surface area contributed by atoms with Crippen molar-refractivity contribution in [1.29, 1.82) is 0 Å². The minimum absolute atomic E-state index is 0.0143. The quantitative estimate of drug-likeness (QED) is 0.808. The molecule has 0 spiro atoms. The van der Waals surface area contributed by atoms with E-state index in [1.165, 1.54) is 25.3 Å². The van der Waals surface area contributed by atoms with Crippen molar-refractivity contribution < 1.29 is 21.6 Å². The summed E-state index contributed by atoms with van der Waals surface area (Å²) < 4.78 is 63.0. The molecule has 0 aromatic heterocycles. The van der Waals surface area contributed by atoms with Crippen molar-refractivity contribution in [2.24, 2.45) is 0 Å². The summed E-state index contributed by atoms with van der Waals surface area (Å²) in [5.74, 6) is 0. The maximum Gasteiger partial charge on any atom is 0.416 e. The first-order valence-corrected chi connectivity index (χ1v) is 8.54. The molecule has 0 aliphatic carbocycles. The van der Waals surface area contributed by atoms with E-state index < -0.39 is 21.8 Å². The molecular weight excluding hydrogens is 339 g/mol. The van der Waals surface area contributed by atoms with Crippen LogP contribution < -0.4 is 0 Å². The van der Waals surface area contributed by atoms with Gasteiger partial charge in [-0.1, -0.05) is 42.5 Å². The molecule has 0 bridgehead atoms. The molecule has 128 valence electrons. The summed E-state index contributed by atoms with van der Waals surface area (Å²) >= 11 is 0. The SMILES string of the molecule is CN(Cc1ccc(C(F)(F)F)cc1)S(=O)(=O)C=Cc1ccccc1. The first-order valence-electron chi connectivity index (χ1n) is 7.04. The fraction of sp³-hybridized carbons (Fsp3) is 0.176. The van der Waals surface area contributed by atoms with Gasteiger partial charge in [0.25, 0.3) is 0 Å². The number of nitrogens with zero attached hydrogens (tertiary/aromatic N) is 1. The molecule has 0 aliphatic heterocycles. The Labute approximate surface area is 139 Å². The molecule has 0 N–H and O–H groups in total. The van der Waals surface area contributed by atoms with Crippen molar-refractivity contribution in [2.45, 2.75) is 12.7 Å².